The van der Waals surface area contributed by atoms with Crippen LogP contribution in [0.4, 0.5) is 5.69 Å². The molecule has 18 heavy (non-hydrogen) atoms. The summed E-state index contributed by atoms with van der Waals surface area (Å²) < 4.78 is 5.14. The van der Waals surface area contributed by atoms with Gasteiger partial charge in [0.1, 0.15) is 5.75 Å². The number of rotatable bonds is 4. The van der Waals surface area contributed by atoms with Crippen LogP contribution in [0, 0.1) is 16.7 Å². The summed E-state index contributed by atoms with van der Waals surface area (Å²) in [6, 6.07) is 6.84. The first-order valence-corrected chi connectivity index (χ1v) is 5.54. The number of hydrogen-bond acceptors (Lipinski definition) is 4. The maximum absolute atomic E-state index is 12.0. The highest BCUT2D eigenvalue weighted by Crippen LogP contribution is 2.27. The van der Waals surface area contributed by atoms with Crippen LogP contribution in [0.2, 0.25) is 0 Å². The van der Waals surface area contributed by atoms with Crippen molar-refractivity contribution in [2.75, 3.05) is 19.0 Å². The third kappa shape index (κ3) is 2.99. The summed E-state index contributed by atoms with van der Waals surface area (Å²) in [5.41, 5.74) is 5.89. The van der Waals surface area contributed by atoms with Crippen molar-refractivity contribution in [2.45, 2.75) is 13.8 Å². The van der Waals surface area contributed by atoms with Gasteiger partial charge in [0.15, 0.2) is 0 Å². The van der Waals surface area contributed by atoms with Gasteiger partial charge in [-0.2, -0.15) is 5.26 Å². The third-order valence-electron chi connectivity index (χ3n) is 2.70. The summed E-state index contributed by atoms with van der Waals surface area (Å²) in [7, 11) is 1.49. The number of methoxy groups -OCH3 is 1. The highest BCUT2D eigenvalue weighted by atomic mass is 16.5. The molecular formula is C13H17N3O2. The van der Waals surface area contributed by atoms with Crippen LogP contribution in [-0.2, 0) is 4.79 Å². The molecule has 0 aliphatic heterocycles. The van der Waals surface area contributed by atoms with E-state index in [0.717, 1.165) is 0 Å². The number of hydrogen-bond donors (Lipinski definition) is 2. The van der Waals surface area contributed by atoms with Gasteiger partial charge < -0.3 is 15.8 Å². The lowest BCUT2D eigenvalue weighted by Gasteiger charge is -2.22. The predicted molar refractivity (Wildman–Crippen MR) is 69.2 cm³/mol. The van der Waals surface area contributed by atoms with Crippen LogP contribution in [0.25, 0.3) is 0 Å². The smallest absolute Gasteiger partial charge is 0.231 e. The molecular weight excluding hydrogens is 230 g/mol. The topological polar surface area (TPSA) is 88.1 Å². The number of nitriles is 1. The van der Waals surface area contributed by atoms with Gasteiger partial charge in [0.05, 0.1) is 29.8 Å². The Balaban J connectivity index is 2.99. The van der Waals surface area contributed by atoms with E-state index < -0.39 is 5.41 Å². The highest BCUT2D eigenvalue weighted by molar-refractivity contribution is 5.96. The summed E-state index contributed by atoms with van der Waals surface area (Å²) in [5.74, 6) is 0.267. The first-order valence-electron chi connectivity index (χ1n) is 5.54. The number of carbonyl (C=O) groups is 1. The fourth-order valence-electron chi connectivity index (χ4n) is 1.25. The van der Waals surface area contributed by atoms with Gasteiger partial charge >= 0.3 is 0 Å². The molecule has 0 bridgehead atoms. The molecule has 1 amide bonds. The molecule has 3 N–H and O–H groups in total. The summed E-state index contributed by atoms with van der Waals surface area (Å²) >= 11 is 0. The normalized spacial score (nSPS) is 10.6. The van der Waals surface area contributed by atoms with Gasteiger partial charge in [-0.05, 0) is 26.0 Å². The number of anilines is 1. The van der Waals surface area contributed by atoms with Gasteiger partial charge in [0.25, 0.3) is 0 Å². The van der Waals surface area contributed by atoms with Gasteiger partial charge in [0.2, 0.25) is 5.91 Å². The lowest BCUT2D eigenvalue weighted by atomic mass is 9.92. The molecule has 0 heterocycles. The van der Waals surface area contributed by atoms with E-state index in [1.54, 1.807) is 32.0 Å². The molecule has 1 rings (SSSR count). The number of carbonyl (C=O) groups excluding carboxylic acids is 1. The molecule has 5 nitrogen and oxygen atoms in total. The minimum atomic E-state index is -0.654. The van der Waals surface area contributed by atoms with Crippen LogP contribution >= 0.6 is 0 Å². The highest BCUT2D eigenvalue weighted by Gasteiger charge is 2.26. The average Bonchev–Trinajstić information content (AvgIpc) is 2.38. The van der Waals surface area contributed by atoms with Crippen molar-refractivity contribution in [3.8, 4) is 11.8 Å². The van der Waals surface area contributed by atoms with Gasteiger partial charge in [-0.15, -0.1) is 0 Å². The molecule has 0 radical (unpaired) electrons. The molecule has 0 aliphatic carbocycles. The molecule has 0 spiro atoms. The molecule has 1 aromatic carbocycles. The second-order valence-corrected chi connectivity index (χ2v) is 4.57. The average molecular weight is 247 g/mol. The predicted octanol–water partition coefficient (Wildman–Crippen LogP) is 1.49. The molecule has 0 saturated carbocycles. The second kappa shape index (κ2) is 5.52. The Hall–Kier alpha value is -2.06. The van der Waals surface area contributed by atoms with E-state index in [1.165, 1.54) is 7.11 Å². The van der Waals surface area contributed by atoms with Crippen molar-refractivity contribution in [2.24, 2.45) is 11.1 Å². The Labute approximate surface area is 107 Å². The van der Waals surface area contributed by atoms with E-state index in [2.05, 4.69) is 5.32 Å². The molecule has 1 aromatic rings. The SMILES string of the molecule is COc1cc(C#N)ccc1NC(=O)C(C)(C)CN. The van der Waals surface area contributed by atoms with E-state index >= 15 is 0 Å². The van der Waals surface area contributed by atoms with Crippen molar-refractivity contribution >= 4 is 11.6 Å². The van der Waals surface area contributed by atoms with Crippen LogP contribution < -0.4 is 15.8 Å². The summed E-state index contributed by atoms with van der Waals surface area (Å²) in [6.07, 6.45) is 0. The maximum Gasteiger partial charge on any atom is 0.231 e. The van der Waals surface area contributed by atoms with E-state index in [4.69, 9.17) is 15.7 Å². The summed E-state index contributed by atoms with van der Waals surface area (Å²) in [6.45, 7) is 3.77. The zero-order chi connectivity index (χ0) is 13.8. The van der Waals surface area contributed by atoms with Crippen LogP contribution in [0.15, 0.2) is 18.2 Å². The Morgan fingerprint density at radius 3 is 2.72 bits per heavy atom. The lowest BCUT2D eigenvalue weighted by molar-refractivity contribution is -0.123. The molecule has 0 fully saturated rings. The Kier molecular flexibility index (Phi) is 4.29. The Bertz CT molecular complexity index is 489. The van der Waals surface area contributed by atoms with E-state index in [-0.39, 0.29) is 12.5 Å². The Morgan fingerprint density at radius 1 is 1.56 bits per heavy atom. The largest absolute Gasteiger partial charge is 0.495 e. The zero-order valence-corrected chi connectivity index (χ0v) is 10.8. The lowest BCUT2D eigenvalue weighted by Crippen LogP contribution is -2.37. The summed E-state index contributed by atoms with van der Waals surface area (Å²) in [4.78, 5) is 12.0. The van der Waals surface area contributed by atoms with Crippen molar-refractivity contribution in [1.29, 1.82) is 5.26 Å². The van der Waals surface area contributed by atoms with Crippen molar-refractivity contribution in [1.82, 2.24) is 0 Å². The molecule has 0 saturated heterocycles. The van der Waals surface area contributed by atoms with E-state index in [9.17, 15) is 4.79 Å². The molecule has 96 valence electrons. The standard InChI is InChI=1S/C13H17N3O2/c1-13(2,8-15)12(17)16-10-5-4-9(7-14)6-11(10)18-3/h4-6H,8,15H2,1-3H3,(H,16,17). The fraction of sp³-hybridized carbons (Fsp3) is 0.385. The fourth-order valence-corrected chi connectivity index (χ4v) is 1.25. The van der Waals surface area contributed by atoms with Crippen molar-refractivity contribution in [3.63, 3.8) is 0 Å². The first-order chi connectivity index (χ1) is 8.44. The molecule has 0 aliphatic rings. The van der Waals surface area contributed by atoms with E-state index in [0.29, 0.717) is 17.0 Å². The van der Waals surface area contributed by atoms with Gasteiger partial charge in [0, 0.05) is 12.6 Å². The number of nitrogens with one attached hydrogen (secondary N) is 1. The molecule has 0 unspecified atom stereocenters. The second-order valence-electron chi connectivity index (χ2n) is 4.57. The number of nitrogens with zero attached hydrogens (tertiary/aromatic N) is 1. The van der Waals surface area contributed by atoms with Gasteiger partial charge in [-0.25, -0.2) is 0 Å². The number of nitrogens with two attached hydrogens (primary N) is 1. The van der Waals surface area contributed by atoms with Crippen molar-refractivity contribution in [3.05, 3.63) is 23.8 Å². The number of ether oxygens (including phenoxy) is 1. The van der Waals surface area contributed by atoms with Gasteiger partial charge in [-0.1, -0.05) is 0 Å². The minimum absolute atomic E-state index is 0.187. The summed E-state index contributed by atoms with van der Waals surface area (Å²) in [5, 5.41) is 11.5. The third-order valence-corrected chi connectivity index (χ3v) is 2.70. The zero-order valence-electron chi connectivity index (χ0n) is 10.8. The first kappa shape index (κ1) is 14.0. The van der Waals surface area contributed by atoms with Crippen LogP contribution in [0.3, 0.4) is 0 Å². The minimum Gasteiger partial charge on any atom is -0.495 e. The van der Waals surface area contributed by atoms with Crippen LogP contribution in [0.5, 0.6) is 5.75 Å². The maximum atomic E-state index is 12.0. The number of benzene rings is 1. The molecule has 0 atom stereocenters. The number of amides is 1. The quantitative estimate of drug-likeness (QED) is 0.843. The van der Waals surface area contributed by atoms with Crippen LogP contribution in [0.1, 0.15) is 19.4 Å². The monoisotopic (exact) mass is 247 g/mol. The van der Waals surface area contributed by atoms with E-state index in [1.807, 2.05) is 6.07 Å². The Morgan fingerprint density at radius 2 is 2.22 bits per heavy atom. The molecule has 5 heteroatoms. The van der Waals surface area contributed by atoms with Gasteiger partial charge in [-0.3, -0.25) is 4.79 Å². The molecule has 0 aromatic heterocycles. The van der Waals surface area contributed by atoms with Crippen molar-refractivity contribution < 1.29 is 9.53 Å². The van der Waals surface area contributed by atoms with Crippen LogP contribution in [-0.4, -0.2) is 19.6 Å².